The van der Waals surface area contributed by atoms with Crippen LogP contribution in [0.1, 0.15) is 245 Å². The predicted molar refractivity (Wildman–Crippen MR) is 268 cm³/mol. The fraction of sp³-hybridized carbons (Fsp3) is 0.750. The van der Waals surface area contributed by atoms with E-state index in [1.54, 1.807) is 0 Å². The Bertz CT molecular complexity index is 1150. The third-order valence-corrected chi connectivity index (χ3v) is 11.5. The van der Waals surface area contributed by atoms with Crippen molar-refractivity contribution in [2.45, 2.75) is 264 Å². The van der Waals surface area contributed by atoms with E-state index in [-0.39, 0.29) is 24.9 Å². The minimum atomic E-state index is -0.801. The summed E-state index contributed by atoms with van der Waals surface area (Å²) in [6, 6.07) is -0.718. The van der Waals surface area contributed by atoms with Crippen molar-refractivity contribution in [3.05, 3.63) is 72.9 Å². The van der Waals surface area contributed by atoms with E-state index in [1.807, 2.05) is 0 Å². The quantitative estimate of drug-likeness (QED) is 0.0322. The molecule has 0 aliphatic heterocycles. The van der Waals surface area contributed by atoms with Crippen molar-refractivity contribution in [1.29, 1.82) is 0 Å². The molecule has 3 unspecified atom stereocenters. The number of ether oxygens (including phenoxy) is 1. The van der Waals surface area contributed by atoms with Gasteiger partial charge in [-0.1, -0.05) is 203 Å². The summed E-state index contributed by atoms with van der Waals surface area (Å²) in [5.74, 6) is -0.528. The molecule has 0 fully saturated rings. The number of aliphatic hydroxyl groups excluding tert-OH is 2. The molecular weight excluding hydrogens is 767 g/mol. The minimum Gasteiger partial charge on any atom is -0.462 e. The first-order valence-electron chi connectivity index (χ1n) is 26.2. The van der Waals surface area contributed by atoms with E-state index in [1.165, 1.54) is 109 Å². The van der Waals surface area contributed by atoms with Crippen LogP contribution in [0.4, 0.5) is 0 Å². The zero-order valence-electron chi connectivity index (χ0n) is 40.7. The third-order valence-electron chi connectivity index (χ3n) is 11.5. The van der Waals surface area contributed by atoms with Crippen LogP contribution in [0.3, 0.4) is 0 Å². The number of unbranched alkanes of at least 4 members (excludes halogenated alkanes) is 22. The van der Waals surface area contributed by atoms with Crippen LogP contribution in [0.5, 0.6) is 0 Å². The lowest BCUT2D eigenvalue weighted by atomic mass is 10.0. The summed E-state index contributed by atoms with van der Waals surface area (Å²) in [7, 11) is 0. The highest BCUT2D eigenvalue weighted by atomic mass is 16.5. The fourth-order valence-electron chi connectivity index (χ4n) is 7.50. The van der Waals surface area contributed by atoms with E-state index in [9.17, 15) is 19.8 Å². The van der Waals surface area contributed by atoms with Gasteiger partial charge in [0.05, 0.1) is 25.2 Å². The molecule has 62 heavy (non-hydrogen) atoms. The Morgan fingerprint density at radius 2 is 0.823 bits per heavy atom. The lowest BCUT2D eigenvalue weighted by Gasteiger charge is -2.24. The molecule has 0 saturated heterocycles. The molecule has 0 aromatic carbocycles. The van der Waals surface area contributed by atoms with Gasteiger partial charge in [-0.05, 0) is 103 Å². The monoisotopic (exact) mass is 866 g/mol. The minimum absolute atomic E-state index is 0.0436. The molecule has 0 aromatic heterocycles. The van der Waals surface area contributed by atoms with Crippen molar-refractivity contribution >= 4 is 11.9 Å². The lowest BCUT2D eigenvalue weighted by molar-refractivity contribution is -0.151. The van der Waals surface area contributed by atoms with Gasteiger partial charge in [-0.15, -0.1) is 0 Å². The third kappa shape index (κ3) is 43.9. The Hall–Kier alpha value is -2.70. The zero-order valence-corrected chi connectivity index (χ0v) is 40.7. The Morgan fingerprint density at radius 1 is 0.468 bits per heavy atom. The molecule has 0 rings (SSSR count). The van der Waals surface area contributed by atoms with Gasteiger partial charge in [-0.2, -0.15) is 0 Å². The average molecular weight is 866 g/mol. The number of carbonyl (C=O) groups excluding carboxylic acids is 2. The Labute approximate surface area is 383 Å². The molecular formula is C56H99NO5. The summed E-state index contributed by atoms with van der Waals surface area (Å²) in [5.41, 5.74) is 0. The van der Waals surface area contributed by atoms with Crippen molar-refractivity contribution in [2.24, 2.45) is 0 Å². The van der Waals surface area contributed by atoms with Gasteiger partial charge in [0.25, 0.3) is 0 Å². The maximum absolute atomic E-state index is 13.2. The standard InChI is InChI=1S/C56H99NO5/c1-4-7-10-13-16-19-21-23-25-26-27-28-30-32-34-37-40-43-46-49-56(61)62-52(47-44-41-38-36-33-31-29-24-22-20-17-14-11-8-5-2)50-55(60)57-53(51-58)54(59)48-45-42-39-35-18-15-12-9-6-3/h16-17,19-20,23-25,27-29,33,36,52-54,58-59H,4-15,18,21-22,26,30-32,34-35,37-51H2,1-3H3,(H,57,60)/b19-16-,20-17-,25-23-,28-27-,29-24-,36-33-. The highest BCUT2D eigenvalue weighted by molar-refractivity contribution is 5.77. The molecule has 3 N–H and O–H groups in total. The van der Waals surface area contributed by atoms with Crippen LogP contribution in [0, 0.1) is 0 Å². The Kier molecular flexibility index (Phi) is 47.2. The summed E-state index contributed by atoms with van der Waals surface area (Å²) in [6.45, 7) is 6.39. The van der Waals surface area contributed by atoms with Crippen molar-refractivity contribution in [3.8, 4) is 0 Å². The first-order chi connectivity index (χ1) is 30.5. The Morgan fingerprint density at radius 3 is 1.29 bits per heavy atom. The van der Waals surface area contributed by atoms with Crippen LogP contribution < -0.4 is 5.32 Å². The van der Waals surface area contributed by atoms with Crippen molar-refractivity contribution < 1.29 is 24.5 Å². The van der Waals surface area contributed by atoms with E-state index in [4.69, 9.17) is 4.74 Å². The molecule has 0 heterocycles. The molecule has 0 saturated carbocycles. The fourth-order valence-corrected chi connectivity index (χ4v) is 7.50. The summed E-state index contributed by atoms with van der Waals surface area (Å²) >= 11 is 0. The maximum atomic E-state index is 13.2. The van der Waals surface area contributed by atoms with Gasteiger partial charge in [-0.3, -0.25) is 9.59 Å². The van der Waals surface area contributed by atoms with Gasteiger partial charge in [0, 0.05) is 6.42 Å². The number of hydrogen-bond donors (Lipinski definition) is 3. The van der Waals surface area contributed by atoms with Crippen molar-refractivity contribution in [1.82, 2.24) is 5.32 Å². The Balaban J connectivity index is 4.64. The summed E-state index contributed by atoms with van der Waals surface area (Å²) in [5, 5.41) is 23.7. The van der Waals surface area contributed by atoms with Crippen LogP contribution >= 0.6 is 0 Å². The molecule has 358 valence electrons. The number of amides is 1. The molecule has 6 heteroatoms. The first kappa shape index (κ1) is 59.3. The largest absolute Gasteiger partial charge is 0.462 e. The number of esters is 1. The average Bonchev–Trinajstić information content (AvgIpc) is 3.26. The molecule has 0 spiro atoms. The number of hydrogen-bond acceptors (Lipinski definition) is 5. The number of aliphatic hydroxyl groups is 2. The van der Waals surface area contributed by atoms with Gasteiger partial charge < -0.3 is 20.3 Å². The number of nitrogens with one attached hydrogen (secondary N) is 1. The molecule has 0 radical (unpaired) electrons. The summed E-state index contributed by atoms with van der Waals surface area (Å²) < 4.78 is 5.91. The molecule has 0 bridgehead atoms. The van der Waals surface area contributed by atoms with Crippen LogP contribution in [-0.2, 0) is 14.3 Å². The smallest absolute Gasteiger partial charge is 0.306 e. The highest BCUT2D eigenvalue weighted by Gasteiger charge is 2.24. The second-order valence-electron chi connectivity index (χ2n) is 17.6. The molecule has 0 aliphatic rings. The van der Waals surface area contributed by atoms with Crippen LogP contribution in [-0.4, -0.2) is 46.9 Å². The molecule has 1 amide bonds. The van der Waals surface area contributed by atoms with Gasteiger partial charge in [0.2, 0.25) is 5.91 Å². The van der Waals surface area contributed by atoms with Gasteiger partial charge in [0.1, 0.15) is 6.10 Å². The SMILES string of the molecule is CCCCC/C=C\C/C=C\C/C=C\CCCCCCCCC(=O)OC(CCCC/C=C\C/C=C\C/C=C\CCCCC)CC(=O)NC(CO)C(O)CCCCCCCCCCC. The summed E-state index contributed by atoms with van der Waals surface area (Å²) in [4.78, 5) is 26.1. The van der Waals surface area contributed by atoms with Crippen molar-refractivity contribution in [2.75, 3.05) is 6.61 Å². The topological polar surface area (TPSA) is 95.9 Å². The van der Waals surface area contributed by atoms with Crippen molar-refractivity contribution in [3.63, 3.8) is 0 Å². The van der Waals surface area contributed by atoms with E-state index in [0.29, 0.717) is 19.3 Å². The van der Waals surface area contributed by atoms with E-state index in [0.717, 1.165) is 89.9 Å². The predicted octanol–water partition coefficient (Wildman–Crippen LogP) is 15.8. The van der Waals surface area contributed by atoms with Crippen LogP contribution in [0.2, 0.25) is 0 Å². The van der Waals surface area contributed by atoms with Crippen LogP contribution in [0.25, 0.3) is 0 Å². The van der Waals surface area contributed by atoms with Gasteiger partial charge in [0.15, 0.2) is 0 Å². The molecule has 0 aliphatic carbocycles. The van der Waals surface area contributed by atoms with E-state index >= 15 is 0 Å². The summed E-state index contributed by atoms with van der Waals surface area (Å²) in [6.07, 6.45) is 62.5. The number of allylic oxidation sites excluding steroid dienone is 12. The second kappa shape index (κ2) is 49.3. The highest BCUT2D eigenvalue weighted by Crippen LogP contribution is 2.17. The first-order valence-corrected chi connectivity index (χ1v) is 26.2. The van der Waals surface area contributed by atoms with E-state index < -0.39 is 18.2 Å². The van der Waals surface area contributed by atoms with E-state index in [2.05, 4.69) is 99.0 Å². The second-order valence-corrected chi connectivity index (χ2v) is 17.6. The van der Waals surface area contributed by atoms with Gasteiger partial charge in [-0.25, -0.2) is 0 Å². The van der Waals surface area contributed by atoms with Crippen LogP contribution in [0.15, 0.2) is 72.9 Å². The zero-order chi connectivity index (χ0) is 45.2. The lowest BCUT2D eigenvalue weighted by Crippen LogP contribution is -2.46. The number of carbonyl (C=O) groups is 2. The maximum Gasteiger partial charge on any atom is 0.306 e. The number of rotatable bonds is 46. The molecule has 6 nitrogen and oxygen atoms in total. The normalized spacial score (nSPS) is 13.8. The van der Waals surface area contributed by atoms with Gasteiger partial charge >= 0.3 is 5.97 Å². The molecule has 0 aromatic rings. The molecule has 3 atom stereocenters.